The van der Waals surface area contributed by atoms with Crippen LogP contribution in [0.3, 0.4) is 0 Å². The van der Waals surface area contributed by atoms with Crippen LogP contribution in [0.5, 0.6) is 0 Å². The van der Waals surface area contributed by atoms with Crippen molar-refractivity contribution in [3.8, 4) is 0 Å². The number of esters is 1. The van der Waals surface area contributed by atoms with Gasteiger partial charge in [0.2, 0.25) is 0 Å². The van der Waals surface area contributed by atoms with E-state index >= 15 is 0 Å². The Morgan fingerprint density at radius 2 is 1.89 bits per heavy atom. The van der Waals surface area contributed by atoms with Gasteiger partial charge in [-0.05, 0) is 12.5 Å². The van der Waals surface area contributed by atoms with Gasteiger partial charge in [-0.15, -0.1) is 0 Å². The highest BCUT2D eigenvalue weighted by Crippen LogP contribution is 2.22. The van der Waals surface area contributed by atoms with E-state index in [1.165, 1.54) is 7.11 Å². The number of carbonyl (C=O) groups is 2. The Kier molecular flexibility index (Phi) is 6.18. The molecule has 1 aromatic rings. The zero-order valence-corrected chi connectivity index (χ0v) is 11.3. The second kappa shape index (κ2) is 7.66. The fraction of sp³-hybridized carbons (Fsp3) is 0.429. The van der Waals surface area contributed by atoms with Crippen LogP contribution in [-0.2, 0) is 19.0 Å². The zero-order chi connectivity index (χ0) is 14.3. The Morgan fingerprint density at radius 3 is 2.47 bits per heavy atom. The minimum atomic E-state index is -0.859. The number of ketones is 1. The first kappa shape index (κ1) is 15.3. The number of hydrogen-bond acceptors (Lipinski definition) is 5. The summed E-state index contributed by atoms with van der Waals surface area (Å²) in [5.74, 6) is -1.53. The monoisotopic (exact) mass is 266 g/mol. The molecule has 19 heavy (non-hydrogen) atoms. The predicted molar refractivity (Wildman–Crippen MR) is 69.0 cm³/mol. The lowest BCUT2D eigenvalue weighted by Crippen LogP contribution is -2.21. The van der Waals surface area contributed by atoms with E-state index in [0.29, 0.717) is 12.2 Å². The van der Waals surface area contributed by atoms with E-state index in [-0.39, 0.29) is 12.2 Å². The van der Waals surface area contributed by atoms with Crippen LogP contribution in [0.2, 0.25) is 0 Å². The average molecular weight is 266 g/mol. The molecule has 0 amide bonds. The summed E-state index contributed by atoms with van der Waals surface area (Å²) in [6.07, 6.45) is -0.403. The second-order valence-corrected chi connectivity index (χ2v) is 3.82. The van der Waals surface area contributed by atoms with Crippen LogP contribution in [0.25, 0.3) is 0 Å². The Bertz CT molecular complexity index is 441. The van der Waals surface area contributed by atoms with E-state index < -0.39 is 17.9 Å². The van der Waals surface area contributed by atoms with E-state index in [1.54, 1.807) is 38.3 Å². The fourth-order valence-corrected chi connectivity index (χ4v) is 1.73. The quantitative estimate of drug-likeness (QED) is 0.427. The molecule has 0 fully saturated rings. The number of rotatable bonds is 7. The van der Waals surface area contributed by atoms with Crippen molar-refractivity contribution in [1.82, 2.24) is 0 Å². The topological polar surface area (TPSA) is 61.8 Å². The zero-order valence-electron chi connectivity index (χ0n) is 11.3. The van der Waals surface area contributed by atoms with Crippen molar-refractivity contribution in [1.29, 1.82) is 0 Å². The van der Waals surface area contributed by atoms with Gasteiger partial charge in [0.05, 0.1) is 13.2 Å². The standard InChI is InChI=1S/C14H18O5/c1-4-19-14(16)13(15)11-8-6-5-7-10(11)12(18-3)9-17-2/h5-8,12H,4,9H2,1-3H3. The number of benzene rings is 1. The van der Waals surface area contributed by atoms with E-state index in [0.717, 1.165) is 0 Å². The Balaban J connectivity index is 3.07. The molecule has 0 radical (unpaired) electrons. The molecule has 1 unspecified atom stereocenters. The lowest BCUT2D eigenvalue weighted by molar-refractivity contribution is -0.137. The van der Waals surface area contributed by atoms with Crippen molar-refractivity contribution in [2.75, 3.05) is 27.4 Å². The molecule has 0 aliphatic carbocycles. The first-order valence-corrected chi connectivity index (χ1v) is 5.97. The maximum atomic E-state index is 12.0. The van der Waals surface area contributed by atoms with Crippen molar-refractivity contribution in [2.45, 2.75) is 13.0 Å². The third kappa shape index (κ3) is 3.87. The summed E-state index contributed by atoms with van der Waals surface area (Å²) in [6, 6.07) is 6.78. The summed E-state index contributed by atoms with van der Waals surface area (Å²) in [4.78, 5) is 23.5. The molecule has 0 saturated carbocycles. The van der Waals surface area contributed by atoms with E-state index in [1.807, 2.05) is 0 Å². The normalized spacial score (nSPS) is 11.9. The number of methoxy groups -OCH3 is 2. The number of hydrogen-bond donors (Lipinski definition) is 0. The molecule has 0 spiro atoms. The van der Waals surface area contributed by atoms with Crippen molar-refractivity contribution in [2.24, 2.45) is 0 Å². The molecule has 104 valence electrons. The summed E-state index contributed by atoms with van der Waals surface area (Å²) in [5, 5.41) is 0. The molecular formula is C14H18O5. The highest BCUT2D eigenvalue weighted by molar-refractivity contribution is 6.41. The molecule has 1 atom stereocenters. The molecule has 1 aromatic carbocycles. The van der Waals surface area contributed by atoms with Crippen molar-refractivity contribution >= 4 is 11.8 Å². The first-order valence-electron chi connectivity index (χ1n) is 5.97. The van der Waals surface area contributed by atoms with Crippen molar-refractivity contribution < 1.29 is 23.8 Å². The SMILES string of the molecule is CCOC(=O)C(=O)c1ccccc1C(COC)OC. The van der Waals surface area contributed by atoms with Crippen LogP contribution in [0, 0.1) is 0 Å². The van der Waals surface area contributed by atoms with Gasteiger partial charge in [0.15, 0.2) is 0 Å². The summed E-state index contributed by atoms with van der Waals surface area (Å²) in [5.41, 5.74) is 0.898. The lowest BCUT2D eigenvalue weighted by Gasteiger charge is -2.17. The van der Waals surface area contributed by atoms with Gasteiger partial charge in [0, 0.05) is 19.8 Å². The van der Waals surface area contributed by atoms with Gasteiger partial charge in [0.25, 0.3) is 5.78 Å². The van der Waals surface area contributed by atoms with Crippen LogP contribution in [-0.4, -0.2) is 39.2 Å². The van der Waals surface area contributed by atoms with Gasteiger partial charge >= 0.3 is 5.97 Å². The number of carbonyl (C=O) groups excluding carboxylic acids is 2. The Labute approximate surface area is 112 Å². The maximum absolute atomic E-state index is 12.0. The molecule has 1 rings (SSSR count). The molecule has 5 nitrogen and oxygen atoms in total. The molecular weight excluding hydrogens is 248 g/mol. The third-order valence-corrected chi connectivity index (χ3v) is 2.62. The minimum Gasteiger partial charge on any atom is -0.460 e. The van der Waals surface area contributed by atoms with Gasteiger partial charge in [0.1, 0.15) is 6.10 Å². The van der Waals surface area contributed by atoms with Gasteiger partial charge in [-0.1, -0.05) is 24.3 Å². The summed E-state index contributed by atoms with van der Waals surface area (Å²) in [6.45, 7) is 2.11. The van der Waals surface area contributed by atoms with Gasteiger partial charge < -0.3 is 14.2 Å². The van der Waals surface area contributed by atoms with Crippen LogP contribution < -0.4 is 0 Å². The van der Waals surface area contributed by atoms with E-state index in [9.17, 15) is 9.59 Å². The average Bonchev–Trinajstić information content (AvgIpc) is 2.44. The summed E-state index contributed by atoms with van der Waals surface area (Å²) in [7, 11) is 3.07. The van der Waals surface area contributed by atoms with E-state index in [2.05, 4.69) is 0 Å². The second-order valence-electron chi connectivity index (χ2n) is 3.82. The van der Waals surface area contributed by atoms with Crippen LogP contribution in [0.1, 0.15) is 28.9 Å². The molecule has 5 heteroatoms. The fourth-order valence-electron chi connectivity index (χ4n) is 1.73. The van der Waals surface area contributed by atoms with Crippen LogP contribution >= 0.6 is 0 Å². The van der Waals surface area contributed by atoms with Crippen molar-refractivity contribution in [3.05, 3.63) is 35.4 Å². The van der Waals surface area contributed by atoms with Gasteiger partial charge in [-0.25, -0.2) is 4.79 Å². The Morgan fingerprint density at radius 1 is 1.21 bits per heavy atom. The van der Waals surface area contributed by atoms with Gasteiger partial charge in [-0.3, -0.25) is 4.79 Å². The molecule has 0 aliphatic rings. The summed E-state index contributed by atoms with van der Waals surface area (Å²) >= 11 is 0. The largest absolute Gasteiger partial charge is 0.460 e. The molecule has 0 heterocycles. The third-order valence-electron chi connectivity index (χ3n) is 2.62. The molecule has 0 bridgehead atoms. The minimum absolute atomic E-state index is 0.165. The van der Waals surface area contributed by atoms with Gasteiger partial charge in [-0.2, -0.15) is 0 Å². The molecule has 0 aromatic heterocycles. The predicted octanol–water partition coefficient (Wildman–Crippen LogP) is 1.77. The Hall–Kier alpha value is -1.72. The lowest BCUT2D eigenvalue weighted by atomic mass is 9.99. The van der Waals surface area contributed by atoms with Crippen LogP contribution in [0.4, 0.5) is 0 Å². The van der Waals surface area contributed by atoms with E-state index in [4.69, 9.17) is 14.2 Å². The van der Waals surface area contributed by atoms with Crippen LogP contribution in [0.15, 0.2) is 24.3 Å². The highest BCUT2D eigenvalue weighted by Gasteiger charge is 2.24. The first-order chi connectivity index (χ1) is 9.15. The molecule has 0 N–H and O–H groups in total. The van der Waals surface area contributed by atoms with Crippen molar-refractivity contribution in [3.63, 3.8) is 0 Å². The highest BCUT2D eigenvalue weighted by atomic mass is 16.5. The number of ether oxygens (including phenoxy) is 3. The molecule has 0 saturated heterocycles. The summed E-state index contributed by atoms with van der Waals surface area (Å²) < 4.78 is 15.0. The maximum Gasteiger partial charge on any atom is 0.379 e. The number of Topliss-reactive ketones (excluding diaryl/α,β-unsaturated/α-hetero) is 1. The smallest absolute Gasteiger partial charge is 0.379 e. The molecule has 0 aliphatic heterocycles.